The lowest BCUT2D eigenvalue weighted by molar-refractivity contribution is 0.668. The van der Waals surface area contributed by atoms with Crippen LogP contribution in [-0.4, -0.2) is 0 Å². The van der Waals surface area contributed by atoms with Crippen molar-refractivity contribution in [3.05, 3.63) is 156 Å². The van der Waals surface area contributed by atoms with Gasteiger partial charge in [0.2, 0.25) is 0 Å². The standard InChI is InChI=1S/C38H30O/c1-3-28-29(4-2)37(31-20-12-11-19-30(31)36(28)26-17-9-6-10-18-26)33-23-27(25-15-7-5-8-16-25)24-35-38(33)32-21-13-14-22-34(32)39-35/h3-9,11-17,19-24,28-29H,1-2,10,18H2/i5D,6D,7D,9D,10D,13D,14D,16D,17D,18D,21D,22D,23D,24D. The van der Waals surface area contributed by atoms with Crippen molar-refractivity contribution in [2.45, 2.75) is 12.8 Å². The summed E-state index contributed by atoms with van der Waals surface area (Å²) in [5, 5.41) is 0.915. The minimum absolute atomic E-state index is 0.0118. The van der Waals surface area contributed by atoms with Crippen LogP contribution in [0.5, 0.6) is 0 Å². The maximum atomic E-state index is 9.83. The number of benzene rings is 4. The van der Waals surface area contributed by atoms with E-state index in [1.807, 2.05) is 0 Å². The van der Waals surface area contributed by atoms with Crippen molar-refractivity contribution in [1.82, 2.24) is 0 Å². The molecule has 0 N–H and O–H groups in total. The molecule has 0 amide bonds. The van der Waals surface area contributed by atoms with Crippen LogP contribution in [0.4, 0.5) is 0 Å². The maximum Gasteiger partial charge on any atom is 0.136 e. The molecule has 4 atom stereocenters. The van der Waals surface area contributed by atoms with Gasteiger partial charge in [-0.1, -0.05) is 103 Å². The van der Waals surface area contributed by atoms with E-state index in [2.05, 4.69) is 13.2 Å². The molecule has 7 rings (SSSR count). The van der Waals surface area contributed by atoms with Crippen molar-refractivity contribution >= 4 is 33.1 Å². The number of allylic oxidation sites excluding steroid dienone is 6. The first kappa shape index (κ1) is 13.0. The van der Waals surface area contributed by atoms with Gasteiger partial charge in [-0.2, -0.15) is 0 Å². The highest BCUT2D eigenvalue weighted by Gasteiger charge is 2.32. The molecule has 1 nitrogen and oxygen atoms in total. The van der Waals surface area contributed by atoms with Crippen molar-refractivity contribution in [2.75, 3.05) is 0 Å². The second kappa shape index (κ2) is 9.60. The summed E-state index contributed by atoms with van der Waals surface area (Å²) in [6.07, 6.45) is 0.338. The van der Waals surface area contributed by atoms with Crippen molar-refractivity contribution in [2.24, 2.45) is 11.8 Å². The van der Waals surface area contributed by atoms with Gasteiger partial charge in [0.1, 0.15) is 11.2 Å². The van der Waals surface area contributed by atoms with Gasteiger partial charge in [0.05, 0.1) is 16.4 Å². The van der Waals surface area contributed by atoms with E-state index in [1.54, 1.807) is 36.4 Å². The zero-order valence-electron chi connectivity index (χ0n) is 34.8. The number of para-hydroxylation sites is 1. The van der Waals surface area contributed by atoms with E-state index in [0.29, 0.717) is 21.6 Å². The van der Waals surface area contributed by atoms with Crippen molar-refractivity contribution in [3.63, 3.8) is 0 Å². The van der Waals surface area contributed by atoms with Crippen molar-refractivity contribution < 1.29 is 23.6 Å². The molecule has 1 heterocycles. The van der Waals surface area contributed by atoms with Crippen LogP contribution in [0, 0.1) is 11.8 Å². The third kappa shape index (κ3) is 3.77. The summed E-state index contributed by atoms with van der Waals surface area (Å²) in [6.45, 7) is 8.20. The minimum atomic E-state index is -1.43. The first-order valence-electron chi connectivity index (χ1n) is 19.6. The fourth-order valence-corrected chi connectivity index (χ4v) is 5.57. The molecule has 2 aliphatic rings. The Balaban J connectivity index is 1.79. The second-order valence-corrected chi connectivity index (χ2v) is 9.18. The topological polar surface area (TPSA) is 13.1 Å². The second-order valence-electron chi connectivity index (χ2n) is 9.18. The molecule has 39 heavy (non-hydrogen) atoms. The molecular weight excluding hydrogens is 472 g/mol. The largest absolute Gasteiger partial charge is 0.456 e. The fraction of sp³-hybridized carbons (Fsp3) is 0.105. The van der Waals surface area contributed by atoms with Crippen LogP contribution in [0.3, 0.4) is 0 Å². The zero-order valence-corrected chi connectivity index (χ0v) is 20.8. The van der Waals surface area contributed by atoms with Crippen LogP contribution in [0.2, 0.25) is 0 Å². The molecule has 1 aromatic heterocycles. The van der Waals surface area contributed by atoms with Gasteiger partial charge < -0.3 is 4.42 Å². The van der Waals surface area contributed by atoms with Crippen molar-refractivity contribution in [1.29, 1.82) is 0 Å². The normalized spacial score (nSPS) is 28.3. The Kier molecular flexibility index (Phi) is 3.19. The molecule has 0 saturated carbocycles. The monoisotopic (exact) mass is 516 g/mol. The Morgan fingerprint density at radius 2 is 1.62 bits per heavy atom. The number of rotatable bonds is 5. The first-order chi connectivity index (χ1) is 25.1. The van der Waals surface area contributed by atoms with Gasteiger partial charge in [-0.25, -0.2) is 0 Å². The number of hydrogen-bond acceptors (Lipinski definition) is 1. The highest BCUT2D eigenvalue weighted by Crippen LogP contribution is 2.44. The zero-order chi connectivity index (χ0) is 38.5. The molecular formula is C38H30O. The van der Waals surface area contributed by atoms with Gasteiger partial charge in [-0.05, 0) is 74.8 Å². The van der Waals surface area contributed by atoms with Gasteiger partial charge in [-0.3, -0.25) is 0 Å². The van der Waals surface area contributed by atoms with Crippen LogP contribution in [0.15, 0.2) is 144 Å². The molecule has 5 aromatic rings. The smallest absolute Gasteiger partial charge is 0.136 e. The molecule has 188 valence electrons. The summed E-state index contributed by atoms with van der Waals surface area (Å²) < 4.78 is 128. The summed E-state index contributed by atoms with van der Waals surface area (Å²) >= 11 is 0. The predicted molar refractivity (Wildman–Crippen MR) is 165 cm³/mol. The summed E-state index contributed by atoms with van der Waals surface area (Å²) in [5.74, 6) is -1.61. The number of furan rings is 1. The van der Waals surface area contributed by atoms with Crippen LogP contribution in [-0.2, 0) is 0 Å². The third-order valence-electron chi connectivity index (χ3n) is 7.17. The summed E-state index contributed by atoms with van der Waals surface area (Å²) in [4.78, 5) is 0. The van der Waals surface area contributed by atoms with Gasteiger partial charge in [0, 0.05) is 25.3 Å². The van der Waals surface area contributed by atoms with E-state index in [0.717, 1.165) is 6.07 Å². The Labute approximate surface area is 248 Å². The van der Waals surface area contributed by atoms with Crippen LogP contribution < -0.4 is 10.4 Å². The van der Waals surface area contributed by atoms with Gasteiger partial charge >= 0.3 is 0 Å². The third-order valence-corrected chi connectivity index (χ3v) is 7.17. The van der Waals surface area contributed by atoms with Gasteiger partial charge in [0.25, 0.3) is 0 Å². The summed E-state index contributed by atoms with van der Waals surface area (Å²) in [7, 11) is 0. The van der Waals surface area contributed by atoms with Gasteiger partial charge in [0.15, 0.2) is 0 Å². The average molecular weight is 517 g/mol. The molecule has 1 heteroatoms. The Hall–Kier alpha value is -4.62. The minimum Gasteiger partial charge on any atom is -0.456 e. The molecule has 4 unspecified atom stereocenters. The van der Waals surface area contributed by atoms with E-state index in [-0.39, 0.29) is 74.4 Å². The fourth-order valence-electron chi connectivity index (χ4n) is 5.57. The highest BCUT2D eigenvalue weighted by molar-refractivity contribution is 6.12. The molecule has 4 aromatic carbocycles. The van der Waals surface area contributed by atoms with Crippen LogP contribution in [0.1, 0.15) is 37.5 Å². The van der Waals surface area contributed by atoms with E-state index in [4.69, 9.17) is 20.9 Å². The van der Waals surface area contributed by atoms with Crippen LogP contribution in [0.25, 0.3) is 44.2 Å². The molecule has 0 aliphatic heterocycles. The highest BCUT2D eigenvalue weighted by atomic mass is 16.3. The van der Waals surface area contributed by atoms with E-state index in [9.17, 15) is 2.74 Å². The van der Waals surface area contributed by atoms with E-state index < -0.39 is 66.9 Å². The Morgan fingerprint density at radius 1 is 0.821 bits per heavy atom. The lowest BCUT2D eigenvalue weighted by Gasteiger charge is -2.33. The van der Waals surface area contributed by atoms with Crippen molar-refractivity contribution in [3.8, 4) is 11.1 Å². The number of fused-ring (bicyclic) bond motifs is 4. The predicted octanol–water partition coefficient (Wildman–Crippen LogP) is 8.50. The molecule has 2 aliphatic carbocycles. The molecule has 0 spiro atoms. The molecule has 0 radical (unpaired) electrons. The lowest BCUT2D eigenvalue weighted by Crippen LogP contribution is -2.40. The SMILES string of the molecule is [2H]C1=C([2H])C([2H])C([2H])C(C2=c3ccccc3=C(c3c([2H])c(-c4cc([2H])c([2H])cc4[2H])c([2H])c4oc5c([2H])c([2H])c([2H])c([2H])c5c34)C(C=C)C2C=C)=C1[2H]. The average Bonchev–Trinajstić information content (AvgIpc) is 3.54. The van der Waals surface area contributed by atoms with E-state index >= 15 is 0 Å². The van der Waals surface area contributed by atoms with Crippen LogP contribution >= 0.6 is 0 Å². The molecule has 0 fully saturated rings. The maximum absolute atomic E-state index is 9.83. The van der Waals surface area contributed by atoms with Gasteiger partial charge in [-0.15, -0.1) is 13.2 Å². The Morgan fingerprint density at radius 3 is 2.46 bits per heavy atom. The van der Waals surface area contributed by atoms with E-state index in [1.165, 1.54) is 6.07 Å². The summed E-state index contributed by atoms with van der Waals surface area (Å²) in [6, 6.07) is 4.50. The first-order valence-corrected chi connectivity index (χ1v) is 12.4. The number of hydrogen-bond donors (Lipinski definition) is 0. The summed E-state index contributed by atoms with van der Waals surface area (Å²) in [5.41, 5.74) is 0.417. The molecule has 0 saturated heterocycles. The quantitative estimate of drug-likeness (QED) is 0.213. The lowest BCUT2D eigenvalue weighted by atomic mass is 9.70. The Bertz CT molecular complexity index is 2690. The molecule has 0 bridgehead atoms.